The summed E-state index contributed by atoms with van der Waals surface area (Å²) in [4.78, 5) is 29.3. The molecule has 0 saturated carbocycles. The fourth-order valence-electron chi connectivity index (χ4n) is 4.15. The number of rotatable bonds is 5. The summed E-state index contributed by atoms with van der Waals surface area (Å²) in [7, 11) is 0. The molecule has 32 heavy (non-hydrogen) atoms. The van der Waals surface area contributed by atoms with E-state index in [1.807, 2.05) is 0 Å². The summed E-state index contributed by atoms with van der Waals surface area (Å²) < 4.78 is 33.4. The highest BCUT2D eigenvalue weighted by atomic mass is 19.1. The molecule has 4 rings (SSSR count). The van der Waals surface area contributed by atoms with Crippen molar-refractivity contribution < 1.29 is 23.2 Å². The number of nitro groups is 1. The zero-order valence-electron chi connectivity index (χ0n) is 17.2. The van der Waals surface area contributed by atoms with Crippen molar-refractivity contribution in [2.45, 2.75) is 37.8 Å². The van der Waals surface area contributed by atoms with E-state index in [4.69, 9.17) is 4.74 Å². The number of carbonyl (C=O) groups is 1. The third kappa shape index (κ3) is 4.77. The Kier molecular flexibility index (Phi) is 6.45. The number of carbonyl (C=O) groups excluding carboxylic acids is 1. The highest BCUT2D eigenvalue weighted by Gasteiger charge is 2.31. The molecular formula is C21H23F2N5O4. The van der Waals surface area contributed by atoms with Gasteiger partial charge >= 0.3 is 11.7 Å². The smallest absolute Gasteiger partial charge is 0.320 e. The highest BCUT2D eigenvalue weighted by molar-refractivity contribution is 5.91. The quantitative estimate of drug-likeness (QED) is 0.531. The van der Waals surface area contributed by atoms with Crippen molar-refractivity contribution in [1.82, 2.24) is 10.3 Å². The first-order valence-electron chi connectivity index (χ1n) is 10.4. The number of halogens is 2. The number of pyridine rings is 1. The van der Waals surface area contributed by atoms with E-state index in [-0.39, 0.29) is 23.1 Å². The van der Waals surface area contributed by atoms with Gasteiger partial charge in [0.15, 0.2) is 0 Å². The molecule has 3 heterocycles. The molecule has 0 radical (unpaired) electrons. The number of hydrogen-bond donors (Lipinski definition) is 2. The maximum Gasteiger partial charge on any atom is 0.320 e. The fourth-order valence-corrected chi connectivity index (χ4v) is 4.15. The van der Waals surface area contributed by atoms with Crippen LogP contribution in [0.2, 0.25) is 0 Å². The van der Waals surface area contributed by atoms with Crippen LogP contribution in [-0.4, -0.2) is 41.7 Å². The van der Waals surface area contributed by atoms with E-state index in [0.29, 0.717) is 51.3 Å². The summed E-state index contributed by atoms with van der Waals surface area (Å²) in [5, 5.41) is 16.7. The average Bonchev–Trinajstić information content (AvgIpc) is 3.25. The minimum atomic E-state index is -0.630. The van der Waals surface area contributed by atoms with Crippen LogP contribution in [0.3, 0.4) is 0 Å². The van der Waals surface area contributed by atoms with Gasteiger partial charge in [-0.2, -0.15) is 0 Å². The standard InChI is InChI=1S/C21H23F2N5O4/c22-13-3-4-16(23)15(12-13)17-2-1-9-27(17)19-6-5-18(28(30)31)20(25-19)26-21(29)24-14-7-10-32-11-8-14/h3-6,12,14,17H,1-2,7-11H2,(H2,24,25,26,29)/t17-/m1/s1. The number of hydrogen-bond acceptors (Lipinski definition) is 6. The van der Waals surface area contributed by atoms with Gasteiger partial charge in [-0.15, -0.1) is 0 Å². The summed E-state index contributed by atoms with van der Waals surface area (Å²) >= 11 is 0. The van der Waals surface area contributed by atoms with Crippen LogP contribution < -0.4 is 15.5 Å². The zero-order chi connectivity index (χ0) is 22.7. The normalized spacial score (nSPS) is 19.1. The summed E-state index contributed by atoms with van der Waals surface area (Å²) in [6, 6.07) is 4.84. The second-order valence-corrected chi connectivity index (χ2v) is 7.80. The molecule has 0 unspecified atom stereocenters. The number of nitrogens with one attached hydrogen (secondary N) is 2. The van der Waals surface area contributed by atoms with Gasteiger partial charge in [0.05, 0.1) is 11.0 Å². The lowest BCUT2D eigenvalue weighted by Crippen LogP contribution is -2.41. The molecule has 2 amide bonds. The molecule has 1 aromatic heterocycles. The molecular weight excluding hydrogens is 424 g/mol. The van der Waals surface area contributed by atoms with E-state index in [1.54, 1.807) is 4.90 Å². The Morgan fingerprint density at radius 3 is 2.72 bits per heavy atom. The first kappa shape index (κ1) is 21.9. The number of ether oxygens (including phenoxy) is 1. The lowest BCUT2D eigenvalue weighted by atomic mass is 10.0. The van der Waals surface area contributed by atoms with Gasteiger partial charge in [0, 0.05) is 37.4 Å². The Labute approximate surface area is 182 Å². The van der Waals surface area contributed by atoms with Gasteiger partial charge < -0.3 is 15.0 Å². The number of benzene rings is 1. The lowest BCUT2D eigenvalue weighted by Gasteiger charge is -2.27. The molecule has 2 aliphatic heterocycles. The van der Waals surface area contributed by atoms with Crippen LogP contribution in [0, 0.1) is 21.7 Å². The van der Waals surface area contributed by atoms with Crippen molar-refractivity contribution in [3.63, 3.8) is 0 Å². The molecule has 0 spiro atoms. The number of aromatic nitrogens is 1. The third-order valence-electron chi connectivity index (χ3n) is 5.71. The van der Waals surface area contributed by atoms with Crippen LogP contribution in [0.1, 0.15) is 37.3 Å². The molecule has 2 N–H and O–H groups in total. The zero-order valence-corrected chi connectivity index (χ0v) is 17.2. The molecule has 170 valence electrons. The Balaban J connectivity index is 1.58. The molecule has 11 heteroatoms. The van der Waals surface area contributed by atoms with E-state index >= 15 is 0 Å². The van der Waals surface area contributed by atoms with Crippen LogP contribution in [0.4, 0.5) is 30.9 Å². The lowest BCUT2D eigenvalue weighted by molar-refractivity contribution is -0.384. The van der Waals surface area contributed by atoms with Crippen molar-refractivity contribution >= 4 is 23.4 Å². The fraction of sp³-hybridized carbons (Fsp3) is 0.429. The van der Waals surface area contributed by atoms with Crippen molar-refractivity contribution in [1.29, 1.82) is 0 Å². The number of urea groups is 1. The first-order chi connectivity index (χ1) is 15.4. The van der Waals surface area contributed by atoms with Gasteiger partial charge in [0.25, 0.3) is 0 Å². The second kappa shape index (κ2) is 9.43. The van der Waals surface area contributed by atoms with E-state index in [9.17, 15) is 23.7 Å². The van der Waals surface area contributed by atoms with Crippen LogP contribution in [0.15, 0.2) is 30.3 Å². The predicted molar refractivity (Wildman–Crippen MR) is 113 cm³/mol. The first-order valence-corrected chi connectivity index (χ1v) is 10.4. The number of anilines is 2. The van der Waals surface area contributed by atoms with E-state index in [0.717, 1.165) is 18.2 Å². The maximum absolute atomic E-state index is 14.4. The summed E-state index contributed by atoms with van der Waals surface area (Å²) in [6.45, 7) is 1.58. The predicted octanol–water partition coefficient (Wildman–Crippen LogP) is 3.91. The molecule has 2 aliphatic rings. The highest BCUT2D eigenvalue weighted by Crippen LogP contribution is 2.38. The molecule has 0 aliphatic carbocycles. The molecule has 2 saturated heterocycles. The molecule has 1 atom stereocenters. The minimum Gasteiger partial charge on any atom is -0.381 e. The molecule has 2 aromatic rings. The van der Waals surface area contributed by atoms with Crippen LogP contribution in [-0.2, 0) is 4.74 Å². The van der Waals surface area contributed by atoms with Crippen molar-refractivity contribution in [3.8, 4) is 0 Å². The Hall–Kier alpha value is -3.34. The SMILES string of the molecule is O=C(Nc1nc(N2CCC[C@@H]2c2cc(F)ccc2F)ccc1[N+](=O)[O-])NC1CCOCC1. The van der Waals surface area contributed by atoms with E-state index in [2.05, 4.69) is 15.6 Å². The van der Waals surface area contributed by atoms with Crippen LogP contribution in [0.5, 0.6) is 0 Å². The molecule has 0 bridgehead atoms. The Morgan fingerprint density at radius 1 is 1.19 bits per heavy atom. The van der Waals surface area contributed by atoms with Gasteiger partial charge in [0.2, 0.25) is 5.82 Å². The van der Waals surface area contributed by atoms with Crippen molar-refractivity contribution in [3.05, 3.63) is 57.6 Å². The summed E-state index contributed by atoms with van der Waals surface area (Å²) in [5.74, 6) is -0.943. The van der Waals surface area contributed by atoms with Gasteiger partial charge in [-0.3, -0.25) is 15.4 Å². The molecule has 2 fully saturated rings. The van der Waals surface area contributed by atoms with Gasteiger partial charge in [0.1, 0.15) is 17.5 Å². The van der Waals surface area contributed by atoms with Crippen LogP contribution >= 0.6 is 0 Å². The van der Waals surface area contributed by atoms with Crippen molar-refractivity contribution in [2.24, 2.45) is 0 Å². The molecule has 9 nitrogen and oxygen atoms in total. The number of nitrogens with zero attached hydrogens (tertiary/aromatic N) is 3. The topological polar surface area (TPSA) is 110 Å². The van der Waals surface area contributed by atoms with Gasteiger partial charge in [-0.05, 0) is 49.9 Å². The molecule has 1 aromatic carbocycles. The van der Waals surface area contributed by atoms with Gasteiger partial charge in [-0.25, -0.2) is 18.6 Å². The van der Waals surface area contributed by atoms with Gasteiger partial charge in [-0.1, -0.05) is 0 Å². The summed E-state index contributed by atoms with van der Waals surface area (Å²) in [5.41, 5.74) is -0.155. The number of amides is 2. The average molecular weight is 447 g/mol. The van der Waals surface area contributed by atoms with Crippen molar-refractivity contribution in [2.75, 3.05) is 30.0 Å². The Morgan fingerprint density at radius 2 is 1.97 bits per heavy atom. The largest absolute Gasteiger partial charge is 0.381 e. The van der Waals surface area contributed by atoms with E-state index in [1.165, 1.54) is 12.1 Å². The van der Waals surface area contributed by atoms with E-state index < -0.39 is 28.6 Å². The second-order valence-electron chi connectivity index (χ2n) is 7.80. The monoisotopic (exact) mass is 447 g/mol. The maximum atomic E-state index is 14.4. The van der Waals surface area contributed by atoms with Crippen LogP contribution in [0.25, 0.3) is 0 Å². The minimum absolute atomic E-state index is 0.0927. The third-order valence-corrected chi connectivity index (χ3v) is 5.71. The Bertz CT molecular complexity index is 1020. The summed E-state index contributed by atoms with van der Waals surface area (Å²) in [6.07, 6.45) is 2.59.